The van der Waals surface area contributed by atoms with Gasteiger partial charge in [-0.3, -0.25) is 4.79 Å². The van der Waals surface area contributed by atoms with Gasteiger partial charge < -0.3 is 14.6 Å². The molecule has 2 heterocycles. The number of nitrogens with one attached hydrogen (secondary N) is 1. The highest BCUT2D eigenvalue weighted by Gasteiger charge is 2.37. The minimum Gasteiger partial charge on any atom is -0.381 e. The molecule has 0 spiro atoms. The predicted molar refractivity (Wildman–Crippen MR) is 92.5 cm³/mol. The number of benzene rings is 1. The molecular formula is C19H25N3O2. The normalized spacial score (nSPS) is 27.7. The van der Waals surface area contributed by atoms with E-state index in [-0.39, 0.29) is 18.1 Å². The number of hydrogen-bond donors (Lipinski definition) is 1. The van der Waals surface area contributed by atoms with E-state index in [4.69, 9.17) is 9.72 Å². The lowest BCUT2D eigenvalue weighted by Gasteiger charge is -2.32. The van der Waals surface area contributed by atoms with Gasteiger partial charge >= 0.3 is 0 Å². The number of imidazole rings is 1. The van der Waals surface area contributed by atoms with Gasteiger partial charge in [-0.25, -0.2) is 4.98 Å². The number of aromatic nitrogens is 2. The van der Waals surface area contributed by atoms with Gasteiger partial charge in [0.25, 0.3) is 0 Å². The zero-order valence-electron chi connectivity index (χ0n) is 14.2. The molecule has 2 fully saturated rings. The van der Waals surface area contributed by atoms with Crippen LogP contribution in [0.5, 0.6) is 0 Å². The van der Waals surface area contributed by atoms with E-state index in [1.807, 2.05) is 24.3 Å². The number of amides is 1. The van der Waals surface area contributed by atoms with Crippen LogP contribution in [-0.2, 0) is 9.53 Å². The molecule has 1 aliphatic carbocycles. The number of ether oxygens (including phenoxy) is 1. The second-order valence-corrected chi connectivity index (χ2v) is 7.05. The fourth-order valence-corrected chi connectivity index (χ4v) is 4.26. The second-order valence-electron chi connectivity index (χ2n) is 7.05. The molecule has 0 radical (unpaired) electrons. The second kappa shape index (κ2) is 6.55. The zero-order valence-corrected chi connectivity index (χ0v) is 14.2. The fraction of sp³-hybridized carbons (Fsp3) is 0.579. The third-order valence-electron chi connectivity index (χ3n) is 5.57. The molecule has 0 unspecified atom stereocenters. The maximum absolute atomic E-state index is 13.1. The summed E-state index contributed by atoms with van der Waals surface area (Å²) in [7, 11) is 1.75. The van der Waals surface area contributed by atoms with Gasteiger partial charge in [0, 0.05) is 19.6 Å². The van der Waals surface area contributed by atoms with Gasteiger partial charge in [-0.15, -0.1) is 0 Å². The molecule has 2 aliphatic rings. The average Bonchev–Trinajstić information content (AvgIpc) is 3.27. The SMILES string of the molecule is CO[C@@H]1CCC[C@@H](C(=O)N2CCC[C@@H]2c2nc3ccccc3[nH]2)C1. The quantitative estimate of drug-likeness (QED) is 0.939. The maximum Gasteiger partial charge on any atom is 0.226 e. The van der Waals surface area contributed by atoms with Crippen LogP contribution >= 0.6 is 0 Å². The van der Waals surface area contributed by atoms with Crippen LogP contribution in [0.2, 0.25) is 0 Å². The highest BCUT2D eigenvalue weighted by Crippen LogP contribution is 2.35. The maximum atomic E-state index is 13.1. The molecule has 3 atom stereocenters. The zero-order chi connectivity index (χ0) is 16.5. The molecule has 1 amide bonds. The van der Waals surface area contributed by atoms with Crippen LogP contribution in [0.25, 0.3) is 11.0 Å². The van der Waals surface area contributed by atoms with E-state index in [1.54, 1.807) is 7.11 Å². The molecule has 2 aromatic rings. The van der Waals surface area contributed by atoms with Crippen LogP contribution in [0.15, 0.2) is 24.3 Å². The van der Waals surface area contributed by atoms with Gasteiger partial charge in [-0.2, -0.15) is 0 Å². The van der Waals surface area contributed by atoms with Crippen molar-refractivity contribution < 1.29 is 9.53 Å². The first-order chi connectivity index (χ1) is 11.8. The largest absolute Gasteiger partial charge is 0.381 e. The Balaban J connectivity index is 1.54. The first kappa shape index (κ1) is 15.6. The Morgan fingerprint density at radius 1 is 1.25 bits per heavy atom. The van der Waals surface area contributed by atoms with E-state index >= 15 is 0 Å². The number of para-hydroxylation sites is 2. The third-order valence-corrected chi connectivity index (χ3v) is 5.57. The van der Waals surface area contributed by atoms with Crippen molar-refractivity contribution in [2.45, 2.75) is 50.7 Å². The molecule has 1 N–H and O–H groups in total. The van der Waals surface area contributed by atoms with Crippen molar-refractivity contribution >= 4 is 16.9 Å². The number of carbonyl (C=O) groups excluding carboxylic acids is 1. The lowest BCUT2D eigenvalue weighted by molar-refractivity contribution is -0.139. The van der Waals surface area contributed by atoms with E-state index < -0.39 is 0 Å². The predicted octanol–water partition coefficient (Wildman–Crippen LogP) is 3.43. The summed E-state index contributed by atoms with van der Waals surface area (Å²) >= 11 is 0. The van der Waals surface area contributed by atoms with Crippen molar-refractivity contribution in [3.63, 3.8) is 0 Å². The number of rotatable bonds is 3. The Bertz CT molecular complexity index is 693. The van der Waals surface area contributed by atoms with E-state index in [0.29, 0.717) is 5.91 Å². The topological polar surface area (TPSA) is 58.2 Å². The summed E-state index contributed by atoms with van der Waals surface area (Å²) in [5.41, 5.74) is 2.02. The van der Waals surface area contributed by atoms with Crippen LogP contribution in [0.3, 0.4) is 0 Å². The minimum atomic E-state index is 0.0906. The number of hydrogen-bond acceptors (Lipinski definition) is 3. The molecule has 0 bridgehead atoms. The fourth-order valence-electron chi connectivity index (χ4n) is 4.26. The Labute approximate surface area is 142 Å². The number of nitrogens with zero attached hydrogens (tertiary/aromatic N) is 2. The smallest absolute Gasteiger partial charge is 0.226 e. The minimum absolute atomic E-state index is 0.0906. The number of aromatic amines is 1. The Morgan fingerprint density at radius 3 is 2.96 bits per heavy atom. The molecule has 1 saturated heterocycles. The highest BCUT2D eigenvalue weighted by atomic mass is 16.5. The van der Waals surface area contributed by atoms with E-state index in [9.17, 15) is 4.79 Å². The first-order valence-electron chi connectivity index (χ1n) is 9.04. The van der Waals surface area contributed by atoms with Crippen molar-refractivity contribution in [3.8, 4) is 0 Å². The van der Waals surface area contributed by atoms with Gasteiger partial charge in [0.15, 0.2) is 0 Å². The number of methoxy groups -OCH3 is 1. The van der Waals surface area contributed by atoms with Gasteiger partial charge in [-0.05, 0) is 44.2 Å². The molecule has 1 saturated carbocycles. The van der Waals surface area contributed by atoms with Crippen LogP contribution in [0, 0.1) is 5.92 Å². The average molecular weight is 327 g/mol. The summed E-state index contributed by atoms with van der Waals surface area (Å²) in [5, 5.41) is 0. The molecular weight excluding hydrogens is 302 g/mol. The summed E-state index contributed by atoms with van der Waals surface area (Å²) in [6, 6.07) is 8.15. The molecule has 5 nitrogen and oxygen atoms in total. The molecule has 1 aliphatic heterocycles. The molecule has 128 valence electrons. The summed E-state index contributed by atoms with van der Waals surface area (Å²) < 4.78 is 5.50. The number of likely N-dealkylation sites (tertiary alicyclic amines) is 1. The summed E-state index contributed by atoms with van der Waals surface area (Å²) in [5.74, 6) is 1.33. The monoisotopic (exact) mass is 327 g/mol. The standard InChI is InChI=1S/C19H25N3O2/c1-24-14-7-4-6-13(12-14)19(23)22-11-5-10-17(22)18-20-15-8-2-3-9-16(15)21-18/h2-3,8-9,13-14,17H,4-7,10-12H2,1H3,(H,20,21)/t13-,14-,17-/m1/s1. The van der Waals surface area contributed by atoms with E-state index in [2.05, 4.69) is 9.88 Å². The van der Waals surface area contributed by atoms with E-state index in [1.165, 1.54) is 0 Å². The number of fused-ring (bicyclic) bond motifs is 1. The summed E-state index contributed by atoms with van der Waals surface area (Å²) in [6.45, 7) is 0.842. The molecule has 4 rings (SSSR count). The van der Waals surface area contributed by atoms with Gasteiger partial charge in [0.1, 0.15) is 5.82 Å². The highest BCUT2D eigenvalue weighted by molar-refractivity contribution is 5.80. The molecule has 5 heteroatoms. The van der Waals surface area contributed by atoms with Crippen molar-refractivity contribution in [1.82, 2.24) is 14.9 Å². The first-order valence-corrected chi connectivity index (χ1v) is 9.04. The van der Waals surface area contributed by atoms with Gasteiger partial charge in [0.05, 0.1) is 23.2 Å². The van der Waals surface area contributed by atoms with Gasteiger partial charge in [-0.1, -0.05) is 18.6 Å². The number of H-pyrrole nitrogens is 1. The van der Waals surface area contributed by atoms with Crippen molar-refractivity contribution in [1.29, 1.82) is 0 Å². The molecule has 24 heavy (non-hydrogen) atoms. The molecule has 1 aromatic heterocycles. The van der Waals surface area contributed by atoms with Crippen LogP contribution in [0.1, 0.15) is 50.4 Å². The van der Waals surface area contributed by atoms with Crippen LogP contribution < -0.4 is 0 Å². The lowest BCUT2D eigenvalue weighted by atomic mass is 9.86. The Kier molecular flexibility index (Phi) is 4.27. The van der Waals surface area contributed by atoms with E-state index in [0.717, 1.165) is 61.9 Å². The van der Waals surface area contributed by atoms with Crippen LogP contribution in [0.4, 0.5) is 0 Å². The lowest BCUT2D eigenvalue weighted by Crippen LogP contribution is -2.39. The van der Waals surface area contributed by atoms with Crippen molar-refractivity contribution in [3.05, 3.63) is 30.1 Å². The summed E-state index contributed by atoms with van der Waals surface area (Å²) in [6.07, 6.45) is 6.28. The Morgan fingerprint density at radius 2 is 2.12 bits per heavy atom. The van der Waals surface area contributed by atoms with Gasteiger partial charge in [0.2, 0.25) is 5.91 Å². The van der Waals surface area contributed by atoms with Crippen molar-refractivity contribution in [2.24, 2.45) is 5.92 Å². The Hall–Kier alpha value is -1.88. The van der Waals surface area contributed by atoms with Crippen molar-refractivity contribution in [2.75, 3.05) is 13.7 Å². The summed E-state index contributed by atoms with van der Waals surface area (Å²) in [4.78, 5) is 23.3. The third kappa shape index (κ3) is 2.81. The number of carbonyl (C=O) groups is 1. The molecule has 1 aromatic carbocycles. The van der Waals surface area contributed by atoms with Crippen LogP contribution in [-0.4, -0.2) is 40.5 Å².